The Labute approximate surface area is 225 Å². The summed E-state index contributed by atoms with van der Waals surface area (Å²) in [5, 5.41) is 17.0. The highest BCUT2D eigenvalue weighted by atomic mass is 35.5. The van der Waals surface area contributed by atoms with Gasteiger partial charge in [-0.05, 0) is 55.7 Å². The first kappa shape index (κ1) is 25.7. The SMILES string of the molecule is CC1CC(c2ccc(Cl)s2)=CC=C1CN1CCC(CC#N)(n2cc(C(N)=O)c(NC(=O)C3CC3)n2)CC1. The van der Waals surface area contributed by atoms with E-state index in [0.29, 0.717) is 18.8 Å². The molecule has 3 aliphatic rings. The zero-order valence-corrected chi connectivity index (χ0v) is 22.4. The number of primary amides is 1. The predicted molar refractivity (Wildman–Crippen MR) is 145 cm³/mol. The summed E-state index contributed by atoms with van der Waals surface area (Å²) in [6.07, 6.45) is 10.5. The number of carbonyl (C=O) groups excluding carboxylic acids is 2. The highest BCUT2D eigenvalue weighted by molar-refractivity contribution is 7.17. The minimum atomic E-state index is -0.641. The number of amides is 2. The quantitative estimate of drug-likeness (QED) is 0.500. The molecule has 1 atom stereocenters. The van der Waals surface area contributed by atoms with Gasteiger partial charge in [0.05, 0.1) is 22.4 Å². The number of likely N-dealkylation sites (tertiary alicyclic amines) is 1. The van der Waals surface area contributed by atoms with E-state index in [1.165, 1.54) is 16.0 Å². The molecule has 194 valence electrons. The fourth-order valence-electron chi connectivity index (χ4n) is 5.25. The van der Waals surface area contributed by atoms with Crippen molar-refractivity contribution >= 4 is 46.1 Å². The van der Waals surface area contributed by atoms with E-state index in [1.54, 1.807) is 22.2 Å². The van der Waals surface area contributed by atoms with Crippen LogP contribution in [0.3, 0.4) is 0 Å². The highest BCUT2D eigenvalue weighted by Crippen LogP contribution is 2.38. The van der Waals surface area contributed by atoms with Gasteiger partial charge in [0.15, 0.2) is 5.82 Å². The number of allylic oxidation sites excluding steroid dienone is 3. The maximum Gasteiger partial charge on any atom is 0.254 e. The number of nitrogens with zero attached hydrogens (tertiary/aromatic N) is 4. The normalized spacial score (nSPS) is 21.6. The van der Waals surface area contributed by atoms with Gasteiger partial charge < -0.3 is 11.1 Å². The summed E-state index contributed by atoms with van der Waals surface area (Å²) in [5.41, 5.74) is 7.96. The van der Waals surface area contributed by atoms with Crippen LogP contribution >= 0.6 is 22.9 Å². The van der Waals surface area contributed by atoms with Crippen LogP contribution in [-0.2, 0) is 10.3 Å². The van der Waals surface area contributed by atoms with Crippen molar-refractivity contribution in [2.45, 2.75) is 51.0 Å². The summed E-state index contributed by atoms with van der Waals surface area (Å²) < 4.78 is 2.52. The number of hydrogen-bond acceptors (Lipinski definition) is 6. The predicted octanol–water partition coefficient (Wildman–Crippen LogP) is 4.80. The molecule has 0 radical (unpaired) electrons. The number of hydrogen-bond donors (Lipinski definition) is 2. The lowest BCUT2D eigenvalue weighted by Gasteiger charge is -2.41. The van der Waals surface area contributed by atoms with Gasteiger partial charge in [0, 0.05) is 36.6 Å². The van der Waals surface area contributed by atoms with Crippen molar-refractivity contribution in [2.75, 3.05) is 25.0 Å². The molecule has 2 amide bonds. The molecule has 10 heteroatoms. The molecule has 2 aliphatic carbocycles. The number of anilines is 1. The van der Waals surface area contributed by atoms with Gasteiger partial charge in [-0.15, -0.1) is 11.3 Å². The van der Waals surface area contributed by atoms with Crippen molar-refractivity contribution in [1.82, 2.24) is 14.7 Å². The van der Waals surface area contributed by atoms with E-state index in [1.807, 2.05) is 6.07 Å². The molecule has 5 rings (SSSR count). The Bertz CT molecular complexity index is 1310. The Hall–Kier alpha value is -2.93. The smallest absolute Gasteiger partial charge is 0.254 e. The topological polar surface area (TPSA) is 117 Å². The van der Waals surface area contributed by atoms with Crippen LogP contribution in [0.4, 0.5) is 5.82 Å². The van der Waals surface area contributed by atoms with E-state index >= 15 is 0 Å². The average molecular weight is 539 g/mol. The van der Waals surface area contributed by atoms with Crippen LogP contribution in [0, 0.1) is 23.2 Å². The van der Waals surface area contributed by atoms with E-state index in [0.717, 1.165) is 43.2 Å². The molecule has 0 spiro atoms. The molecule has 2 aromatic rings. The van der Waals surface area contributed by atoms with Crippen molar-refractivity contribution < 1.29 is 9.59 Å². The molecular formula is C27H31ClN6O2S. The Balaban J connectivity index is 1.29. The van der Waals surface area contributed by atoms with E-state index in [4.69, 9.17) is 17.3 Å². The Kier molecular flexibility index (Phi) is 7.26. The lowest BCUT2D eigenvalue weighted by Crippen LogP contribution is -2.47. The third-order valence-electron chi connectivity index (χ3n) is 7.80. The standard InChI is InChI=1S/C27H31ClN6O2S/c1-17-14-19(22-6-7-23(28)37-22)4-5-20(17)15-33-12-9-27(8-11-29,10-13-33)34-16-21(24(30)35)25(32-34)31-26(36)18-2-3-18/h4-7,16-18H,2-3,8-10,12-15H2,1H3,(H2,30,35)(H,31,32,36). The number of halogens is 1. The number of nitrogens with one attached hydrogen (secondary N) is 1. The van der Waals surface area contributed by atoms with E-state index < -0.39 is 11.4 Å². The molecule has 37 heavy (non-hydrogen) atoms. The fourth-order valence-corrected chi connectivity index (χ4v) is 6.33. The molecule has 1 saturated carbocycles. The van der Waals surface area contributed by atoms with Crippen molar-refractivity contribution in [3.05, 3.63) is 50.8 Å². The average Bonchev–Trinajstić information content (AvgIpc) is 3.50. The molecule has 1 aliphatic heterocycles. The number of rotatable bonds is 8. The second-order valence-corrected chi connectivity index (χ2v) is 12.2. The maximum absolute atomic E-state index is 12.3. The molecule has 0 aromatic carbocycles. The maximum atomic E-state index is 12.3. The molecule has 1 unspecified atom stereocenters. The Morgan fingerprint density at radius 3 is 2.65 bits per heavy atom. The van der Waals surface area contributed by atoms with Gasteiger partial charge in [0.1, 0.15) is 5.56 Å². The summed E-state index contributed by atoms with van der Waals surface area (Å²) in [5.74, 6) is -0.162. The van der Waals surface area contributed by atoms with Crippen LogP contribution in [0.5, 0.6) is 0 Å². The number of thiophene rings is 1. The summed E-state index contributed by atoms with van der Waals surface area (Å²) in [7, 11) is 0. The van der Waals surface area contributed by atoms with E-state index in [2.05, 4.69) is 46.5 Å². The third-order valence-corrected chi connectivity index (χ3v) is 9.11. The van der Waals surface area contributed by atoms with Crippen molar-refractivity contribution in [3.63, 3.8) is 0 Å². The minimum absolute atomic E-state index is 0.0206. The van der Waals surface area contributed by atoms with Crippen LogP contribution in [0.2, 0.25) is 4.34 Å². The lowest BCUT2D eigenvalue weighted by molar-refractivity contribution is -0.117. The van der Waals surface area contributed by atoms with Gasteiger partial charge in [-0.25, -0.2) is 0 Å². The van der Waals surface area contributed by atoms with Gasteiger partial charge in [-0.2, -0.15) is 10.4 Å². The van der Waals surface area contributed by atoms with Crippen LogP contribution in [0.15, 0.2) is 36.1 Å². The monoisotopic (exact) mass is 538 g/mol. The first-order valence-electron chi connectivity index (χ1n) is 12.7. The second kappa shape index (κ2) is 10.4. The van der Waals surface area contributed by atoms with E-state index in [-0.39, 0.29) is 29.6 Å². The Morgan fingerprint density at radius 2 is 2.05 bits per heavy atom. The number of aromatic nitrogens is 2. The van der Waals surface area contributed by atoms with E-state index in [9.17, 15) is 14.9 Å². The molecular weight excluding hydrogens is 508 g/mol. The summed E-state index contributed by atoms with van der Waals surface area (Å²) >= 11 is 7.75. The third kappa shape index (κ3) is 5.52. The van der Waals surface area contributed by atoms with Gasteiger partial charge in [0.25, 0.3) is 5.91 Å². The van der Waals surface area contributed by atoms with Crippen LogP contribution in [0.25, 0.3) is 5.57 Å². The van der Waals surface area contributed by atoms with Gasteiger partial charge in [-0.3, -0.25) is 19.2 Å². The fraction of sp³-hybridized carbons (Fsp3) is 0.481. The first-order chi connectivity index (χ1) is 17.8. The van der Waals surface area contributed by atoms with Crippen LogP contribution in [0.1, 0.15) is 60.7 Å². The number of carbonyl (C=O) groups is 2. The number of nitrogens with two attached hydrogens (primary N) is 1. The van der Waals surface area contributed by atoms with Crippen LogP contribution < -0.4 is 11.1 Å². The summed E-state index contributed by atoms with van der Waals surface area (Å²) in [6.45, 7) is 4.76. The molecule has 1 saturated heterocycles. The molecule has 3 heterocycles. The van der Waals surface area contributed by atoms with Crippen molar-refractivity contribution in [2.24, 2.45) is 17.6 Å². The molecule has 2 aromatic heterocycles. The van der Waals surface area contributed by atoms with Gasteiger partial charge in [-0.1, -0.05) is 36.2 Å². The zero-order valence-electron chi connectivity index (χ0n) is 20.9. The van der Waals surface area contributed by atoms with Crippen molar-refractivity contribution in [3.8, 4) is 6.07 Å². The lowest BCUT2D eigenvalue weighted by atomic mass is 9.83. The second-order valence-electron chi connectivity index (χ2n) is 10.4. The molecule has 0 bridgehead atoms. The minimum Gasteiger partial charge on any atom is -0.365 e. The summed E-state index contributed by atoms with van der Waals surface area (Å²) in [6, 6.07) is 6.36. The molecule has 3 N–H and O–H groups in total. The largest absolute Gasteiger partial charge is 0.365 e. The number of piperidine rings is 1. The van der Waals surface area contributed by atoms with Crippen LogP contribution in [-0.4, -0.2) is 46.1 Å². The van der Waals surface area contributed by atoms with Gasteiger partial charge in [0.2, 0.25) is 5.91 Å². The highest BCUT2D eigenvalue weighted by Gasteiger charge is 2.39. The zero-order chi connectivity index (χ0) is 26.2. The van der Waals surface area contributed by atoms with Gasteiger partial charge >= 0.3 is 0 Å². The first-order valence-corrected chi connectivity index (χ1v) is 13.9. The summed E-state index contributed by atoms with van der Waals surface area (Å²) in [4.78, 5) is 28.1. The molecule has 8 nitrogen and oxygen atoms in total. The number of nitriles is 1. The molecule has 2 fully saturated rings. The van der Waals surface area contributed by atoms with Crippen molar-refractivity contribution in [1.29, 1.82) is 5.26 Å². The Morgan fingerprint density at radius 1 is 1.30 bits per heavy atom.